The number of alkyl halides is 5. The van der Waals surface area contributed by atoms with E-state index in [2.05, 4.69) is 25.6 Å². The molecule has 162 valence electrons. The van der Waals surface area contributed by atoms with E-state index < -0.39 is 35.2 Å². The molecular formula is C18H17ClF5N5O. The molecule has 2 N–H and O–H groups in total. The van der Waals surface area contributed by atoms with Crippen molar-refractivity contribution in [3.8, 4) is 11.3 Å². The molecule has 2 atom stereocenters. The van der Waals surface area contributed by atoms with Gasteiger partial charge in [-0.25, -0.2) is 18.7 Å². The first-order chi connectivity index (χ1) is 13.6. The summed E-state index contributed by atoms with van der Waals surface area (Å²) in [6.45, 7) is 0.140. The highest BCUT2D eigenvalue weighted by atomic mass is 35.5. The number of carbonyl (C=O) groups excluding carboxylic acids is 1. The molecule has 0 aromatic carbocycles. The second-order valence-corrected chi connectivity index (χ2v) is 7.34. The Morgan fingerprint density at radius 3 is 2.53 bits per heavy atom. The second-order valence-electron chi connectivity index (χ2n) is 7.34. The maximum Gasteiger partial charge on any atom is 0.433 e. The smallest absolute Gasteiger partial charge is 0.349 e. The molecule has 0 radical (unpaired) electrons. The highest BCUT2D eigenvalue weighted by Crippen LogP contribution is 2.64. The largest absolute Gasteiger partial charge is 0.433 e. The molecule has 3 heterocycles. The third-order valence-electron chi connectivity index (χ3n) is 5.33. The molecule has 2 aliphatic rings. The van der Waals surface area contributed by atoms with Gasteiger partial charge >= 0.3 is 6.18 Å². The van der Waals surface area contributed by atoms with Crippen LogP contribution in [0.25, 0.3) is 11.3 Å². The number of amides is 1. The van der Waals surface area contributed by atoms with Gasteiger partial charge in [0.05, 0.1) is 29.4 Å². The summed E-state index contributed by atoms with van der Waals surface area (Å²) < 4.78 is 64.7. The molecule has 0 bridgehead atoms. The summed E-state index contributed by atoms with van der Waals surface area (Å²) in [6, 6.07) is 2.93. The van der Waals surface area contributed by atoms with Gasteiger partial charge in [0.1, 0.15) is 12.0 Å². The summed E-state index contributed by atoms with van der Waals surface area (Å²) >= 11 is 0. The maximum atomic E-state index is 13.4. The van der Waals surface area contributed by atoms with Gasteiger partial charge in [-0.1, -0.05) is 0 Å². The van der Waals surface area contributed by atoms with Crippen molar-refractivity contribution >= 4 is 18.3 Å². The zero-order valence-electron chi connectivity index (χ0n) is 15.3. The number of carbonyl (C=O) groups is 1. The van der Waals surface area contributed by atoms with Gasteiger partial charge in [0.2, 0.25) is 5.91 Å². The molecule has 1 aliphatic carbocycles. The maximum absolute atomic E-state index is 13.4. The fraction of sp³-hybridized carbons (Fsp3) is 0.444. The lowest BCUT2D eigenvalue weighted by Gasteiger charge is -2.12. The summed E-state index contributed by atoms with van der Waals surface area (Å²) in [5, 5.41) is 5.47. The molecule has 2 unspecified atom stereocenters. The molecular weight excluding hydrogens is 433 g/mol. The molecule has 12 heteroatoms. The molecule has 1 amide bonds. The van der Waals surface area contributed by atoms with Gasteiger partial charge in [-0.05, 0) is 24.6 Å². The Morgan fingerprint density at radius 1 is 1.23 bits per heavy atom. The molecule has 4 rings (SSSR count). The highest BCUT2D eigenvalue weighted by Gasteiger charge is 2.73. The monoisotopic (exact) mass is 449 g/mol. The molecule has 2 aromatic rings. The molecule has 1 saturated carbocycles. The summed E-state index contributed by atoms with van der Waals surface area (Å²) in [5.74, 6) is -3.12. The molecule has 2 aromatic heterocycles. The van der Waals surface area contributed by atoms with Gasteiger partial charge < -0.3 is 10.6 Å². The van der Waals surface area contributed by atoms with E-state index in [1.165, 1.54) is 18.5 Å². The van der Waals surface area contributed by atoms with Crippen molar-refractivity contribution in [1.29, 1.82) is 0 Å². The van der Waals surface area contributed by atoms with E-state index in [-0.39, 0.29) is 38.3 Å². The predicted octanol–water partition coefficient (Wildman–Crippen LogP) is 2.98. The Morgan fingerprint density at radius 2 is 1.97 bits per heavy atom. The van der Waals surface area contributed by atoms with Crippen molar-refractivity contribution in [3.05, 3.63) is 42.1 Å². The van der Waals surface area contributed by atoms with E-state index in [0.29, 0.717) is 17.0 Å². The van der Waals surface area contributed by atoms with Crippen LogP contribution in [0.1, 0.15) is 24.2 Å². The fourth-order valence-electron chi connectivity index (χ4n) is 3.50. The number of aromatic nitrogens is 3. The first kappa shape index (κ1) is 22.3. The average Bonchev–Trinajstić information content (AvgIpc) is 3.00. The van der Waals surface area contributed by atoms with Crippen LogP contribution in [0.5, 0.6) is 0 Å². The van der Waals surface area contributed by atoms with E-state index in [1.54, 1.807) is 0 Å². The number of nitrogens with one attached hydrogen (secondary N) is 2. The Labute approximate surface area is 174 Å². The fourth-order valence-corrected chi connectivity index (χ4v) is 3.50. The summed E-state index contributed by atoms with van der Waals surface area (Å²) in [6.07, 6.45) is -2.37. The van der Waals surface area contributed by atoms with E-state index >= 15 is 0 Å². The Hall–Kier alpha value is -2.40. The topological polar surface area (TPSA) is 79.8 Å². The first-order valence-electron chi connectivity index (χ1n) is 8.83. The average molecular weight is 450 g/mol. The number of rotatable bonds is 4. The third-order valence-corrected chi connectivity index (χ3v) is 5.33. The van der Waals surface area contributed by atoms with Crippen LogP contribution in [0.2, 0.25) is 0 Å². The quantitative estimate of drug-likeness (QED) is 0.702. The van der Waals surface area contributed by atoms with Crippen LogP contribution in [0.4, 0.5) is 22.0 Å². The normalized spacial score (nSPS) is 24.4. The number of hydrogen-bond donors (Lipinski definition) is 2. The SMILES string of the molecule is Cl.O=C(NCc1cc(-c2ccc(C(F)(F)F)nc2)ncn1)C1CC2(CN1)CC2(F)F. The van der Waals surface area contributed by atoms with E-state index in [9.17, 15) is 26.7 Å². The number of hydrogen-bond acceptors (Lipinski definition) is 5. The van der Waals surface area contributed by atoms with Crippen molar-refractivity contribution in [1.82, 2.24) is 25.6 Å². The molecule has 1 aliphatic heterocycles. The van der Waals surface area contributed by atoms with Gasteiger partial charge in [-0.3, -0.25) is 9.78 Å². The van der Waals surface area contributed by atoms with Crippen molar-refractivity contribution in [2.45, 2.75) is 37.5 Å². The minimum Gasteiger partial charge on any atom is -0.349 e. The van der Waals surface area contributed by atoms with Crippen LogP contribution in [0.3, 0.4) is 0 Å². The van der Waals surface area contributed by atoms with Gasteiger partial charge in [0, 0.05) is 24.7 Å². The minimum atomic E-state index is -4.53. The number of pyridine rings is 1. The summed E-state index contributed by atoms with van der Waals surface area (Å²) in [7, 11) is 0. The zero-order valence-corrected chi connectivity index (χ0v) is 16.2. The van der Waals surface area contributed by atoms with E-state index in [1.807, 2.05) is 0 Å². The third kappa shape index (κ3) is 4.22. The minimum absolute atomic E-state index is 0. The van der Waals surface area contributed by atoms with Crippen LogP contribution in [0, 0.1) is 5.41 Å². The van der Waals surface area contributed by atoms with Crippen LogP contribution in [0.15, 0.2) is 30.7 Å². The van der Waals surface area contributed by atoms with Gasteiger partial charge in [-0.15, -0.1) is 12.4 Å². The van der Waals surface area contributed by atoms with E-state index in [0.717, 1.165) is 12.3 Å². The lowest BCUT2D eigenvalue weighted by Crippen LogP contribution is -2.40. The predicted molar refractivity (Wildman–Crippen MR) is 97.8 cm³/mol. The summed E-state index contributed by atoms with van der Waals surface area (Å²) in [4.78, 5) is 23.7. The van der Waals surface area contributed by atoms with E-state index in [4.69, 9.17) is 0 Å². The lowest BCUT2D eigenvalue weighted by molar-refractivity contribution is -0.141. The van der Waals surface area contributed by atoms with Crippen LogP contribution in [-0.2, 0) is 17.5 Å². The lowest BCUT2D eigenvalue weighted by atomic mass is 10.0. The first-order valence-corrected chi connectivity index (χ1v) is 8.83. The van der Waals surface area contributed by atoms with Gasteiger partial charge in [-0.2, -0.15) is 13.2 Å². The summed E-state index contributed by atoms with van der Waals surface area (Å²) in [5.41, 5.74) is -0.977. The van der Waals surface area contributed by atoms with Gasteiger partial charge in [0.15, 0.2) is 0 Å². The van der Waals surface area contributed by atoms with Crippen molar-refractivity contribution in [2.75, 3.05) is 6.54 Å². The molecule has 1 saturated heterocycles. The van der Waals surface area contributed by atoms with Crippen molar-refractivity contribution in [3.63, 3.8) is 0 Å². The Bertz CT molecular complexity index is 939. The van der Waals surface area contributed by atoms with Crippen molar-refractivity contribution in [2.24, 2.45) is 5.41 Å². The molecule has 1 spiro atoms. The molecule has 30 heavy (non-hydrogen) atoms. The number of halogens is 6. The van der Waals surface area contributed by atoms with Crippen LogP contribution in [-0.4, -0.2) is 39.4 Å². The standard InChI is InChI=1S/C18H16F5N5O.ClH/c19-17(20)7-16(17)4-13(26-8-16)15(29)25-6-11-3-12(28-9-27-11)10-1-2-14(24-5-10)18(21,22)23;/h1-3,5,9,13,26H,4,6-8H2,(H,25,29);1H. The zero-order chi connectivity index (χ0) is 20.9. The van der Waals surface area contributed by atoms with Crippen LogP contribution < -0.4 is 10.6 Å². The molecule has 6 nitrogen and oxygen atoms in total. The number of nitrogens with zero attached hydrogens (tertiary/aromatic N) is 3. The molecule has 2 fully saturated rings. The van der Waals surface area contributed by atoms with Crippen LogP contribution >= 0.6 is 12.4 Å². The second kappa shape index (κ2) is 7.69. The van der Waals surface area contributed by atoms with Gasteiger partial charge in [0.25, 0.3) is 5.92 Å². The Balaban J connectivity index is 0.00000256. The van der Waals surface area contributed by atoms with Crippen molar-refractivity contribution < 1.29 is 26.7 Å². The Kier molecular flexibility index (Phi) is 5.72. The highest BCUT2D eigenvalue weighted by molar-refractivity contribution is 5.85.